The second-order valence-corrected chi connectivity index (χ2v) is 7.64. The Kier molecular flexibility index (Phi) is 4.82. The summed E-state index contributed by atoms with van der Waals surface area (Å²) in [5.41, 5.74) is 4.49. The molecule has 0 fully saturated rings. The summed E-state index contributed by atoms with van der Waals surface area (Å²) < 4.78 is 2.18. The van der Waals surface area contributed by atoms with E-state index in [0.29, 0.717) is 0 Å². The lowest BCUT2D eigenvalue weighted by atomic mass is 10.1. The van der Waals surface area contributed by atoms with Crippen molar-refractivity contribution in [2.45, 2.75) is 19.0 Å². The molecular formula is C23H21N3S. The minimum Gasteiger partial charge on any atom is -0.269 e. The van der Waals surface area contributed by atoms with Crippen LogP contribution in [0, 0.1) is 6.92 Å². The van der Waals surface area contributed by atoms with Gasteiger partial charge < -0.3 is 0 Å². The Morgan fingerprint density at radius 3 is 2.52 bits per heavy atom. The van der Waals surface area contributed by atoms with E-state index < -0.39 is 0 Å². The third kappa shape index (κ3) is 3.40. The quantitative estimate of drug-likeness (QED) is 0.315. The van der Waals surface area contributed by atoms with E-state index in [1.165, 1.54) is 16.3 Å². The highest BCUT2D eigenvalue weighted by Gasteiger charge is 2.18. The van der Waals surface area contributed by atoms with Crippen LogP contribution in [0.5, 0.6) is 0 Å². The lowest BCUT2D eigenvalue weighted by molar-refractivity contribution is 0.892. The third-order valence-corrected chi connectivity index (χ3v) is 5.63. The fourth-order valence-corrected chi connectivity index (χ4v) is 3.96. The fraction of sp³-hybridized carbons (Fsp3) is 0.130. The van der Waals surface area contributed by atoms with Crippen molar-refractivity contribution < 1.29 is 0 Å². The number of hydrogen-bond acceptors (Lipinski definition) is 3. The van der Waals surface area contributed by atoms with Crippen LogP contribution in [0.1, 0.15) is 12.5 Å². The molecule has 27 heavy (non-hydrogen) atoms. The Labute approximate surface area is 163 Å². The average molecular weight is 372 g/mol. The van der Waals surface area contributed by atoms with Crippen LogP contribution < -0.4 is 0 Å². The van der Waals surface area contributed by atoms with Crippen molar-refractivity contribution in [1.82, 2.24) is 14.8 Å². The van der Waals surface area contributed by atoms with E-state index in [2.05, 4.69) is 82.9 Å². The number of hydrogen-bond donors (Lipinski definition) is 0. The molecule has 0 radical (unpaired) electrons. The second kappa shape index (κ2) is 7.41. The molecule has 1 aromatic heterocycles. The van der Waals surface area contributed by atoms with Crippen molar-refractivity contribution >= 4 is 22.5 Å². The largest absolute Gasteiger partial charge is 0.269 e. The first-order valence-corrected chi connectivity index (χ1v) is 9.90. The Morgan fingerprint density at radius 1 is 0.963 bits per heavy atom. The molecule has 0 saturated carbocycles. The smallest absolute Gasteiger partial charge is 0.196 e. The minimum atomic E-state index is 0.816. The van der Waals surface area contributed by atoms with E-state index in [1.807, 2.05) is 19.1 Å². The molecule has 0 bridgehead atoms. The molecule has 3 nitrogen and oxygen atoms in total. The average Bonchev–Trinajstić information content (AvgIpc) is 3.09. The first kappa shape index (κ1) is 17.6. The summed E-state index contributed by atoms with van der Waals surface area (Å²) in [6.07, 6.45) is 0. The number of aryl methyl sites for hydroxylation is 1. The van der Waals surface area contributed by atoms with Gasteiger partial charge in [0, 0.05) is 16.7 Å². The van der Waals surface area contributed by atoms with Gasteiger partial charge >= 0.3 is 0 Å². The predicted molar refractivity (Wildman–Crippen MR) is 115 cm³/mol. The summed E-state index contributed by atoms with van der Waals surface area (Å²) in [6, 6.07) is 23.1. The highest BCUT2D eigenvalue weighted by Crippen LogP contribution is 2.33. The molecule has 0 unspecified atom stereocenters. The van der Waals surface area contributed by atoms with Crippen molar-refractivity contribution in [3.05, 3.63) is 84.4 Å². The Hall–Kier alpha value is -2.85. The van der Waals surface area contributed by atoms with Gasteiger partial charge in [-0.25, -0.2) is 0 Å². The summed E-state index contributed by atoms with van der Waals surface area (Å²) in [5.74, 6) is 1.69. The van der Waals surface area contributed by atoms with E-state index in [0.717, 1.165) is 33.6 Å². The molecular weight excluding hydrogens is 350 g/mol. The molecule has 4 rings (SSSR count). The van der Waals surface area contributed by atoms with Gasteiger partial charge in [0.05, 0.1) is 5.69 Å². The summed E-state index contributed by atoms with van der Waals surface area (Å²) in [4.78, 5) is 0. The van der Waals surface area contributed by atoms with Crippen molar-refractivity contribution in [2.75, 3.05) is 5.75 Å². The molecule has 4 heteroatoms. The normalized spacial score (nSPS) is 11.0. The first-order valence-electron chi connectivity index (χ1n) is 8.92. The zero-order valence-electron chi connectivity index (χ0n) is 15.5. The van der Waals surface area contributed by atoms with Crippen LogP contribution in [0.4, 0.5) is 0 Å². The molecule has 1 heterocycles. The minimum absolute atomic E-state index is 0.816. The van der Waals surface area contributed by atoms with Crippen molar-refractivity contribution in [1.29, 1.82) is 0 Å². The number of thioether (sulfide) groups is 1. The van der Waals surface area contributed by atoms with Gasteiger partial charge in [-0.3, -0.25) is 4.57 Å². The van der Waals surface area contributed by atoms with Gasteiger partial charge in [-0.05, 0) is 30.9 Å². The van der Waals surface area contributed by atoms with Gasteiger partial charge in [-0.1, -0.05) is 84.6 Å². The highest BCUT2D eigenvalue weighted by atomic mass is 32.2. The van der Waals surface area contributed by atoms with E-state index >= 15 is 0 Å². The third-order valence-electron chi connectivity index (χ3n) is 4.47. The monoisotopic (exact) mass is 371 g/mol. The molecule has 134 valence electrons. The molecule has 0 N–H and O–H groups in total. The molecule has 0 atom stereocenters. The van der Waals surface area contributed by atoms with E-state index in [1.54, 1.807) is 11.8 Å². The Bertz CT molecular complexity index is 1120. The van der Waals surface area contributed by atoms with E-state index in [9.17, 15) is 0 Å². The Balaban J connectivity index is 1.97. The number of rotatable bonds is 5. The van der Waals surface area contributed by atoms with Gasteiger partial charge in [0.2, 0.25) is 0 Å². The summed E-state index contributed by atoms with van der Waals surface area (Å²) in [6.45, 7) is 8.17. The molecule has 0 spiro atoms. The van der Waals surface area contributed by atoms with Gasteiger partial charge in [0.1, 0.15) is 0 Å². The molecule has 0 aliphatic heterocycles. The van der Waals surface area contributed by atoms with Crippen LogP contribution in [-0.2, 0) is 0 Å². The molecule has 0 aliphatic rings. The summed E-state index contributed by atoms with van der Waals surface area (Å²) in [5, 5.41) is 12.4. The van der Waals surface area contributed by atoms with Crippen LogP contribution >= 0.6 is 11.8 Å². The number of fused-ring (bicyclic) bond motifs is 1. The van der Waals surface area contributed by atoms with Gasteiger partial charge in [-0.2, -0.15) is 0 Å². The SMILES string of the molecule is C=C(C)CSc1nnc(-c2ccccc2C)n1-c1cccc2ccccc12. The molecule has 3 aromatic carbocycles. The van der Waals surface area contributed by atoms with Gasteiger partial charge in [-0.15, -0.1) is 10.2 Å². The molecule has 0 amide bonds. The maximum atomic E-state index is 4.57. The first-order chi connectivity index (χ1) is 13.1. The zero-order chi connectivity index (χ0) is 18.8. The second-order valence-electron chi connectivity index (χ2n) is 6.70. The topological polar surface area (TPSA) is 30.7 Å². The number of nitrogens with zero attached hydrogens (tertiary/aromatic N) is 3. The lowest BCUT2D eigenvalue weighted by Gasteiger charge is -2.14. The number of aromatic nitrogens is 3. The van der Waals surface area contributed by atoms with E-state index in [-0.39, 0.29) is 0 Å². The van der Waals surface area contributed by atoms with Gasteiger partial charge in [0.15, 0.2) is 11.0 Å². The highest BCUT2D eigenvalue weighted by molar-refractivity contribution is 7.99. The summed E-state index contributed by atoms with van der Waals surface area (Å²) >= 11 is 1.67. The van der Waals surface area contributed by atoms with Gasteiger partial charge in [0.25, 0.3) is 0 Å². The van der Waals surface area contributed by atoms with Crippen molar-refractivity contribution in [2.24, 2.45) is 0 Å². The standard InChI is InChI=1S/C23H21N3S/c1-16(2)15-27-23-25-24-22(19-12-6-4-9-17(19)3)26(23)21-14-8-11-18-10-5-7-13-20(18)21/h4-14H,1,15H2,2-3H3. The maximum absolute atomic E-state index is 4.57. The van der Waals surface area contributed by atoms with Crippen LogP contribution in [0.2, 0.25) is 0 Å². The molecule has 4 aromatic rings. The zero-order valence-corrected chi connectivity index (χ0v) is 16.3. The van der Waals surface area contributed by atoms with E-state index in [4.69, 9.17) is 0 Å². The van der Waals surface area contributed by atoms with Crippen LogP contribution in [0.3, 0.4) is 0 Å². The Morgan fingerprint density at radius 2 is 1.70 bits per heavy atom. The van der Waals surface area contributed by atoms with Crippen LogP contribution in [-0.4, -0.2) is 20.5 Å². The lowest BCUT2D eigenvalue weighted by Crippen LogP contribution is -2.02. The fourth-order valence-electron chi connectivity index (χ4n) is 3.17. The molecule has 0 saturated heterocycles. The predicted octanol–water partition coefficient (Wildman–Crippen LogP) is 6.06. The van der Waals surface area contributed by atoms with Crippen LogP contribution in [0.15, 0.2) is 84.0 Å². The summed E-state index contributed by atoms with van der Waals surface area (Å²) in [7, 11) is 0. The van der Waals surface area contributed by atoms with Crippen LogP contribution in [0.25, 0.3) is 27.8 Å². The number of benzene rings is 3. The maximum Gasteiger partial charge on any atom is 0.196 e. The van der Waals surface area contributed by atoms with Crippen molar-refractivity contribution in [3.63, 3.8) is 0 Å². The molecule has 0 aliphatic carbocycles. The van der Waals surface area contributed by atoms with Crippen molar-refractivity contribution in [3.8, 4) is 17.1 Å².